The molecule has 0 spiro atoms. The molecule has 0 fully saturated rings. The lowest BCUT2D eigenvalue weighted by molar-refractivity contribution is 0.0696. The first-order valence-electron chi connectivity index (χ1n) is 5.91. The highest BCUT2D eigenvalue weighted by Gasteiger charge is 2.08. The van der Waals surface area contributed by atoms with E-state index >= 15 is 0 Å². The van der Waals surface area contributed by atoms with Gasteiger partial charge in [0.1, 0.15) is 0 Å². The van der Waals surface area contributed by atoms with Gasteiger partial charge in [-0.1, -0.05) is 19.9 Å². The molecule has 0 aromatic heterocycles. The summed E-state index contributed by atoms with van der Waals surface area (Å²) in [6, 6.07) is 5.50. The van der Waals surface area contributed by atoms with E-state index in [4.69, 9.17) is 5.11 Å². The predicted octanol–water partition coefficient (Wildman–Crippen LogP) is 2.78. The zero-order chi connectivity index (χ0) is 13.0. The summed E-state index contributed by atoms with van der Waals surface area (Å²) in [4.78, 5) is 13.2. The van der Waals surface area contributed by atoms with Gasteiger partial charge in [0.2, 0.25) is 0 Å². The smallest absolute Gasteiger partial charge is 0.335 e. The molecule has 0 unspecified atom stereocenters. The quantitative estimate of drug-likeness (QED) is 0.853. The second-order valence-corrected chi connectivity index (χ2v) is 5.10. The maximum Gasteiger partial charge on any atom is 0.335 e. The van der Waals surface area contributed by atoms with E-state index in [2.05, 4.69) is 25.8 Å². The number of carbonyl (C=O) groups is 1. The van der Waals surface area contributed by atoms with Gasteiger partial charge in [-0.15, -0.1) is 0 Å². The van der Waals surface area contributed by atoms with Crippen LogP contribution >= 0.6 is 0 Å². The standard InChI is InChI=1S/C14H21NO2/c1-10(2)8-15(4)9-12-5-11(3)6-13(7-12)14(16)17/h5-7,10H,8-9H2,1-4H3,(H,16,17). The Morgan fingerprint density at radius 3 is 2.53 bits per heavy atom. The lowest BCUT2D eigenvalue weighted by atomic mass is 10.1. The average molecular weight is 235 g/mol. The normalized spacial score (nSPS) is 11.2. The van der Waals surface area contributed by atoms with Gasteiger partial charge in [-0.3, -0.25) is 0 Å². The Morgan fingerprint density at radius 2 is 2.00 bits per heavy atom. The van der Waals surface area contributed by atoms with Crippen LogP contribution in [0.4, 0.5) is 0 Å². The summed E-state index contributed by atoms with van der Waals surface area (Å²) in [5, 5.41) is 9.00. The van der Waals surface area contributed by atoms with Gasteiger partial charge in [0.25, 0.3) is 0 Å². The Morgan fingerprint density at radius 1 is 1.35 bits per heavy atom. The summed E-state index contributed by atoms with van der Waals surface area (Å²) in [6.45, 7) is 8.08. The third-order valence-corrected chi connectivity index (χ3v) is 2.51. The Hall–Kier alpha value is -1.35. The summed E-state index contributed by atoms with van der Waals surface area (Å²) in [7, 11) is 2.06. The zero-order valence-electron chi connectivity index (χ0n) is 11.0. The average Bonchev–Trinajstić information content (AvgIpc) is 2.14. The monoisotopic (exact) mass is 235 g/mol. The second-order valence-electron chi connectivity index (χ2n) is 5.10. The molecular formula is C14H21NO2. The Labute approximate surface area is 103 Å². The lowest BCUT2D eigenvalue weighted by Gasteiger charge is -2.19. The van der Waals surface area contributed by atoms with Crippen molar-refractivity contribution in [2.24, 2.45) is 5.92 Å². The van der Waals surface area contributed by atoms with E-state index in [0.717, 1.165) is 24.2 Å². The SMILES string of the molecule is Cc1cc(CN(C)CC(C)C)cc(C(=O)O)c1. The Balaban J connectivity index is 2.80. The molecule has 0 aliphatic heterocycles. The fourth-order valence-electron chi connectivity index (χ4n) is 2.08. The van der Waals surface area contributed by atoms with E-state index in [-0.39, 0.29) is 0 Å². The molecule has 3 heteroatoms. The first kappa shape index (κ1) is 13.7. The number of carboxylic acid groups (broad SMARTS) is 1. The summed E-state index contributed by atoms with van der Waals surface area (Å²) >= 11 is 0. The molecular weight excluding hydrogens is 214 g/mol. The van der Waals surface area contributed by atoms with Gasteiger partial charge in [-0.2, -0.15) is 0 Å². The maximum atomic E-state index is 11.0. The van der Waals surface area contributed by atoms with Crippen molar-refractivity contribution in [3.8, 4) is 0 Å². The van der Waals surface area contributed by atoms with Gasteiger partial charge < -0.3 is 10.0 Å². The summed E-state index contributed by atoms with van der Waals surface area (Å²) in [5.74, 6) is -0.245. The molecule has 0 atom stereocenters. The number of carboxylic acids is 1. The molecule has 1 rings (SSSR count). The minimum absolute atomic E-state index is 0.373. The van der Waals surface area contributed by atoms with E-state index in [1.807, 2.05) is 13.0 Å². The number of benzene rings is 1. The van der Waals surface area contributed by atoms with Crippen LogP contribution in [0.15, 0.2) is 18.2 Å². The number of hydrogen-bond donors (Lipinski definition) is 1. The highest BCUT2D eigenvalue weighted by atomic mass is 16.4. The fraction of sp³-hybridized carbons (Fsp3) is 0.500. The number of rotatable bonds is 5. The van der Waals surface area contributed by atoms with E-state index < -0.39 is 5.97 Å². The molecule has 0 bridgehead atoms. The molecule has 17 heavy (non-hydrogen) atoms. The van der Waals surface area contributed by atoms with Gasteiger partial charge >= 0.3 is 5.97 Å². The summed E-state index contributed by atoms with van der Waals surface area (Å²) < 4.78 is 0. The zero-order valence-corrected chi connectivity index (χ0v) is 11.0. The molecule has 0 heterocycles. The molecule has 1 aromatic rings. The van der Waals surface area contributed by atoms with Gasteiger partial charge in [0, 0.05) is 13.1 Å². The molecule has 94 valence electrons. The van der Waals surface area contributed by atoms with Crippen molar-refractivity contribution in [2.75, 3.05) is 13.6 Å². The number of hydrogen-bond acceptors (Lipinski definition) is 2. The predicted molar refractivity (Wildman–Crippen MR) is 69.3 cm³/mol. The Kier molecular flexibility index (Phi) is 4.70. The Bertz CT molecular complexity index is 399. The van der Waals surface area contributed by atoms with E-state index in [1.165, 1.54) is 0 Å². The van der Waals surface area contributed by atoms with Crippen LogP contribution in [0.1, 0.15) is 35.3 Å². The van der Waals surface area contributed by atoms with Crippen LogP contribution in [0.25, 0.3) is 0 Å². The molecule has 1 N–H and O–H groups in total. The van der Waals surface area contributed by atoms with Crippen LogP contribution in [0.3, 0.4) is 0 Å². The third kappa shape index (κ3) is 4.57. The molecule has 0 aliphatic rings. The number of aryl methyl sites for hydroxylation is 1. The minimum Gasteiger partial charge on any atom is -0.478 e. The van der Waals surface area contributed by atoms with E-state index in [0.29, 0.717) is 11.5 Å². The van der Waals surface area contributed by atoms with Crippen LogP contribution in [0, 0.1) is 12.8 Å². The van der Waals surface area contributed by atoms with Crippen molar-refractivity contribution < 1.29 is 9.90 Å². The maximum absolute atomic E-state index is 11.0. The van der Waals surface area contributed by atoms with E-state index in [9.17, 15) is 4.79 Å². The van der Waals surface area contributed by atoms with Crippen LogP contribution in [0.5, 0.6) is 0 Å². The van der Waals surface area contributed by atoms with Crippen LogP contribution in [0.2, 0.25) is 0 Å². The van der Waals surface area contributed by atoms with Crippen molar-refractivity contribution in [1.82, 2.24) is 4.90 Å². The van der Waals surface area contributed by atoms with Crippen LogP contribution < -0.4 is 0 Å². The van der Waals surface area contributed by atoms with E-state index in [1.54, 1.807) is 12.1 Å². The van der Waals surface area contributed by atoms with Crippen molar-refractivity contribution in [2.45, 2.75) is 27.3 Å². The molecule has 0 aliphatic carbocycles. The van der Waals surface area contributed by atoms with Crippen molar-refractivity contribution >= 4 is 5.97 Å². The lowest BCUT2D eigenvalue weighted by Crippen LogP contribution is -2.22. The number of nitrogens with zero attached hydrogens (tertiary/aromatic N) is 1. The minimum atomic E-state index is -0.860. The summed E-state index contributed by atoms with van der Waals surface area (Å²) in [5.41, 5.74) is 2.43. The molecule has 0 saturated carbocycles. The summed E-state index contributed by atoms with van der Waals surface area (Å²) in [6.07, 6.45) is 0. The first-order valence-corrected chi connectivity index (χ1v) is 5.91. The van der Waals surface area contributed by atoms with Gasteiger partial charge in [0.05, 0.1) is 5.56 Å². The highest BCUT2D eigenvalue weighted by Crippen LogP contribution is 2.12. The van der Waals surface area contributed by atoms with Crippen LogP contribution in [-0.4, -0.2) is 29.6 Å². The highest BCUT2D eigenvalue weighted by molar-refractivity contribution is 5.88. The number of aromatic carboxylic acids is 1. The molecule has 1 aromatic carbocycles. The van der Waals surface area contributed by atoms with Crippen LogP contribution in [-0.2, 0) is 6.54 Å². The first-order chi connectivity index (χ1) is 7.88. The second kappa shape index (κ2) is 5.82. The van der Waals surface area contributed by atoms with Crippen molar-refractivity contribution in [3.63, 3.8) is 0 Å². The molecule has 0 radical (unpaired) electrons. The van der Waals surface area contributed by atoms with Gasteiger partial charge in [-0.05, 0) is 43.1 Å². The van der Waals surface area contributed by atoms with Crippen molar-refractivity contribution in [1.29, 1.82) is 0 Å². The van der Waals surface area contributed by atoms with Crippen molar-refractivity contribution in [3.05, 3.63) is 34.9 Å². The largest absolute Gasteiger partial charge is 0.478 e. The molecule has 0 saturated heterocycles. The van der Waals surface area contributed by atoms with Gasteiger partial charge in [-0.25, -0.2) is 4.79 Å². The topological polar surface area (TPSA) is 40.5 Å². The molecule has 0 amide bonds. The fourth-order valence-corrected chi connectivity index (χ4v) is 2.08. The third-order valence-electron chi connectivity index (χ3n) is 2.51. The molecule has 3 nitrogen and oxygen atoms in total. The van der Waals surface area contributed by atoms with Gasteiger partial charge in [0.15, 0.2) is 0 Å².